The molecule has 0 fully saturated rings. The normalized spacial score (nSPS) is 11.1. The molecule has 7 nitrogen and oxygen atoms in total. The SMILES string of the molecule is CCCCCS(=O)(=O)CC(=O)Nc1nnc(SCc2ccc(C#N)cc2)s1. The number of amides is 1. The van der Waals surface area contributed by atoms with Crippen LogP contribution in [0.1, 0.15) is 37.3 Å². The Morgan fingerprint density at radius 2 is 2.00 bits per heavy atom. The predicted molar refractivity (Wildman–Crippen MR) is 107 cm³/mol. The first-order valence-corrected chi connectivity index (χ1v) is 12.0. The van der Waals surface area contributed by atoms with E-state index in [9.17, 15) is 13.2 Å². The van der Waals surface area contributed by atoms with Crippen LogP contribution >= 0.6 is 23.1 Å². The second kappa shape index (κ2) is 10.4. The third-order valence-electron chi connectivity index (χ3n) is 3.51. The number of hydrogen-bond acceptors (Lipinski definition) is 8. The van der Waals surface area contributed by atoms with Crippen molar-refractivity contribution in [1.29, 1.82) is 5.26 Å². The predicted octanol–water partition coefficient (Wildman–Crippen LogP) is 3.25. The van der Waals surface area contributed by atoms with Crippen molar-refractivity contribution in [1.82, 2.24) is 10.2 Å². The summed E-state index contributed by atoms with van der Waals surface area (Å²) in [6, 6.07) is 9.32. The summed E-state index contributed by atoms with van der Waals surface area (Å²) in [5, 5.41) is 19.4. The number of sulfone groups is 1. The molecule has 1 aromatic heterocycles. The van der Waals surface area contributed by atoms with Crippen molar-refractivity contribution in [2.75, 3.05) is 16.8 Å². The number of rotatable bonds is 10. The minimum absolute atomic E-state index is 0.0239. The molecule has 0 bridgehead atoms. The highest BCUT2D eigenvalue weighted by molar-refractivity contribution is 8.00. The van der Waals surface area contributed by atoms with Crippen LogP contribution < -0.4 is 5.32 Å². The average Bonchev–Trinajstić information content (AvgIpc) is 3.07. The number of hydrogen-bond donors (Lipinski definition) is 1. The fourth-order valence-corrected chi connectivity index (χ4v) is 5.12. The molecule has 144 valence electrons. The summed E-state index contributed by atoms with van der Waals surface area (Å²) in [5.74, 6) is -0.452. The smallest absolute Gasteiger partial charge is 0.241 e. The Labute approximate surface area is 167 Å². The van der Waals surface area contributed by atoms with E-state index in [0.717, 1.165) is 18.4 Å². The zero-order chi connectivity index (χ0) is 19.7. The van der Waals surface area contributed by atoms with Gasteiger partial charge in [-0.15, -0.1) is 10.2 Å². The number of benzene rings is 1. The molecule has 0 aliphatic heterocycles. The Hall–Kier alpha value is -1.96. The van der Waals surface area contributed by atoms with E-state index in [1.807, 2.05) is 19.1 Å². The Bertz CT molecular complexity index is 902. The number of aromatic nitrogens is 2. The lowest BCUT2D eigenvalue weighted by Gasteiger charge is -2.03. The molecule has 1 aromatic carbocycles. The largest absolute Gasteiger partial charge is 0.300 e. The first kappa shape index (κ1) is 21.3. The van der Waals surface area contributed by atoms with E-state index in [0.29, 0.717) is 22.1 Å². The van der Waals surface area contributed by atoms with Gasteiger partial charge in [0.1, 0.15) is 5.75 Å². The highest BCUT2D eigenvalue weighted by Crippen LogP contribution is 2.28. The summed E-state index contributed by atoms with van der Waals surface area (Å²) < 4.78 is 24.5. The minimum atomic E-state index is -3.40. The van der Waals surface area contributed by atoms with Crippen LogP contribution in [0.2, 0.25) is 0 Å². The number of carbonyl (C=O) groups excluding carboxylic acids is 1. The molecular formula is C17H20N4O3S3. The third-order valence-corrected chi connectivity index (χ3v) is 7.16. The molecule has 0 aliphatic rings. The summed E-state index contributed by atoms with van der Waals surface area (Å²) >= 11 is 2.65. The zero-order valence-corrected chi connectivity index (χ0v) is 17.3. The number of nitriles is 1. The van der Waals surface area contributed by atoms with Gasteiger partial charge in [-0.1, -0.05) is 55.0 Å². The third kappa shape index (κ3) is 7.66. The fourth-order valence-electron chi connectivity index (χ4n) is 2.14. The Morgan fingerprint density at radius 1 is 1.26 bits per heavy atom. The van der Waals surface area contributed by atoms with Crippen LogP contribution in [-0.2, 0) is 20.4 Å². The van der Waals surface area contributed by atoms with E-state index < -0.39 is 21.5 Å². The average molecular weight is 425 g/mol. The maximum atomic E-state index is 11.9. The lowest BCUT2D eigenvalue weighted by atomic mass is 10.2. The molecule has 0 radical (unpaired) electrons. The van der Waals surface area contributed by atoms with Gasteiger partial charge in [-0.05, 0) is 24.1 Å². The van der Waals surface area contributed by atoms with Gasteiger partial charge in [-0.2, -0.15) is 5.26 Å². The van der Waals surface area contributed by atoms with Crippen LogP contribution in [0.15, 0.2) is 28.6 Å². The van der Waals surface area contributed by atoms with Crippen molar-refractivity contribution in [2.45, 2.75) is 36.3 Å². The molecule has 27 heavy (non-hydrogen) atoms. The summed E-state index contributed by atoms with van der Waals surface area (Å²) in [6.45, 7) is 1.99. The van der Waals surface area contributed by atoms with Crippen molar-refractivity contribution < 1.29 is 13.2 Å². The van der Waals surface area contributed by atoms with E-state index in [2.05, 4.69) is 21.6 Å². The van der Waals surface area contributed by atoms with Crippen LogP contribution in [-0.4, -0.2) is 36.0 Å². The van der Waals surface area contributed by atoms with Crippen LogP contribution in [0, 0.1) is 11.3 Å². The molecule has 0 spiro atoms. The Balaban J connectivity index is 1.82. The maximum absolute atomic E-state index is 11.9. The van der Waals surface area contributed by atoms with E-state index in [1.54, 1.807) is 12.1 Å². The van der Waals surface area contributed by atoms with E-state index in [1.165, 1.54) is 23.1 Å². The number of carbonyl (C=O) groups is 1. The maximum Gasteiger partial charge on any atom is 0.241 e. The zero-order valence-electron chi connectivity index (χ0n) is 14.8. The van der Waals surface area contributed by atoms with Crippen molar-refractivity contribution in [3.05, 3.63) is 35.4 Å². The van der Waals surface area contributed by atoms with E-state index >= 15 is 0 Å². The highest BCUT2D eigenvalue weighted by Gasteiger charge is 2.17. The van der Waals surface area contributed by atoms with Gasteiger partial charge in [-0.3, -0.25) is 10.1 Å². The standard InChI is InChI=1S/C17H20N4O3S3/c1-2-3-4-9-27(23,24)12-15(22)19-16-20-21-17(26-16)25-11-14-7-5-13(10-18)6-8-14/h5-8H,2-4,9,11-12H2,1H3,(H,19,20,22). The van der Waals surface area contributed by atoms with Crippen molar-refractivity contribution >= 4 is 44.0 Å². The van der Waals surface area contributed by atoms with Crippen molar-refractivity contribution in [3.8, 4) is 6.07 Å². The van der Waals surface area contributed by atoms with Crippen LogP contribution in [0.3, 0.4) is 0 Å². The topological polar surface area (TPSA) is 113 Å². The highest BCUT2D eigenvalue weighted by atomic mass is 32.2. The molecule has 2 rings (SSSR count). The number of nitrogens with one attached hydrogen (secondary N) is 1. The second-order valence-electron chi connectivity index (χ2n) is 5.82. The molecule has 1 heterocycles. The van der Waals surface area contributed by atoms with Gasteiger partial charge >= 0.3 is 0 Å². The Kier molecular flexibility index (Phi) is 8.22. The molecular weight excluding hydrogens is 404 g/mol. The van der Waals surface area contributed by atoms with Gasteiger partial charge in [0.15, 0.2) is 14.2 Å². The number of thioether (sulfide) groups is 1. The van der Waals surface area contributed by atoms with Crippen LogP contribution in [0.25, 0.3) is 0 Å². The summed E-state index contributed by atoms with van der Waals surface area (Å²) in [6.07, 6.45) is 2.33. The van der Waals surface area contributed by atoms with Gasteiger partial charge in [0, 0.05) is 5.75 Å². The number of anilines is 1. The van der Waals surface area contributed by atoms with E-state index in [-0.39, 0.29) is 10.9 Å². The van der Waals surface area contributed by atoms with Gasteiger partial charge in [-0.25, -0.2) is 8.42 Å². The van der Waals surface area contributed by atoms with Gasteiger partial charge in [0.2, 0.25) is 11.0 Å². The molecule has 0 saturated carbocycles. The van der Waals surface area contributed by atoms with Gasteiger partial charge in [0.05, 0.1) is 17.4 Å². The number of nitrogens with zero attached hydrogens (tertiary/aromatic N) is 3. The molecule has 2 aromatic rings. The first-order chi connectivity index (χ1) is 12.9. The van der Waals surface area contributed by atoms with Gasteiger partial charge in [0.25, 0.3) is 0 Å². The lowest BCUT2D eigenvalue weighted by Crippen LogP contribution is -2.24. The minimum Gasteiger partial charge on any atom is -0.300 e. The summed E-state index contributed by atoms with van der Waals surface area (Å²) in [7, 11) is -3.40. The molecule has 0 atom stereocenters. The molecule has 1 N–H and O–H groups in total. The van der Waals surface area contributed by atoms with Crippen molar-refractivity contribution in [3.63, 3.8) is 0 Å². The van der Waals surface area contributed by atoms with Crippen molar-refractivity contribution in [2.24, 2.45) is 0 Å². The van der Waals surface area contributed by atoms with E-state index in [4.69, 9.17) is 5.26 Å². The lowest BCUT2D eigenvalue weighted by molar-refractivity contribution is -0.113. The summed E-state index contributed by atoms with van der Waals surface area (Å²) in [4.78, 5) is 11.9. The van der Waals surface area contributed by atoms with Gasteiger partial charge < -0.3 is 0 Å². The Morgan fingerprint density at radius 3 is 2.67 bits per heavy atom. The molecule has 0 unspecified atom stereocenters. The fraction of sp³-hybridized carbons (Fsp3) is 0.412. The molecule has 1 amide bonds. The van der Waals surface area contributed by atoms with Crippen LogP contribution in [0.5, 0.6) is 0 Å². The molecule has 0 saturated heterocycles. The quantitative estimate of drug-likeness (QED) is 0.354. The first-order valence-electron chi connectivity index (χ1n) is 8.37. The number of unbranched alkanes of at least 4 members (excludes halogenated alkanes) is 2. The molecule has 10 heteroatoms. The summed E-state index contributed by atoms with van der Waals surface area (Å²) in [5.41, 5.74) is 1.65. The second-order valence-corrected chi connectivity index (χ2v) is 10.2. The molecule has 0 aliphatic carbocycles. The van der Waals surface area contributed by atoms with Crippen LogP contribution in [0.4, 0.5) is 5.13 Å². The monoisotopic (exact) mass is 424 g/mol.